The van der Waals surface area contributed by atoms with Crippen molar-refractivity contribution >= 4 is 39.3 Å². The van der Waals surface area contributed by atoms with Crippen LogP contribution in [-0.4, -0.2) is 29.0 Å². The van der Waals surface area contributed by atoms with Gasteiger partial charge in [0.2, 0.25) is 0 Å². The van der Waals surface area contributed by atoms with Crippen LogP contribution in [0.5, 0.6) is 5.75 Å². The average Bonchev–Trinajstić information content (AvgIpc) is 2.83. The number of halogens is 2. The molecular formula is C28H29BrClNO5. The number of methoxy groups -OCH3 is 1. The quantitative estimate of drug-likeness (QED) is 0.163. The minimum absolute atomic E-state index is 0.169. The van der Waals surface area contributed by atoms with Crippen molar-refractivity contribution in [3.8, 4) is 16.9 Å². The maximum Gasteiger partial charge on any atom is 0.326 e. The maximum absolute atomic E-state index is 12.9. The number of ether oxygens (including phenoxy) is 2. The van der Waals surface area contributed by atoms with Gasteiger partial charge in [-0.25, -0.2) is 0 Å². The highest BCUT2D eigenvalue weighted by Gasteiger charge is 2.24. The molecule has 3 rings (SSSR count). The number of ketones is 1. The van der Waals surface area contributed by atoms with Gasteiger partial charge < -0.3 is 14.0 Å². The molecule has 0 N–H and O–H groups in total. The highest BCUT2D eigenvalue weighted by atomic mass is 79.9. The fraction of sp³-hybridized carbons (Fsp3) is 0.321. The number of aryl methyl sites for hydroxylation is 1. The van der Waals surface area contributed by atoms with Crippen LogP contribution in [0.15, 0.2) is 59.5 Å². The molecule has 3 aromatic rings. The number of carbonyl (C=O) groups is 2. The Morgan fingerprint density at radius 2 is 1.69 bits per heavy atom. The zero-order chi connectivity index (χ0) is 26.5. The molecule has 0 bridgehead atoms. The van der Waals surface area contributed by atoms with Gasteiger partial charge in [0.1, 0.15) is 17.9 Å². The standard InChI is InChI=1S/C28H29BrClNO5/c1-18(32)22-10-9-21(30)13-23(22)24-14-26(33)31(16-25(24)35-4)17-27(34)36-28(2,3)12-11-19-5-7-20(15-29)8-6-19/h5-10,13-14,16H,11-12,15,17H2,1-4H3. The first-order chi connectivity index (χ1) is 17.0. The minimum atomic E-state index is -0.712. The minimum Gasteiger partial charge on any atom is -0.495 e. The number of esters is 1. The van der Waals surface area contributed by atoms with E-state index in [1.54, 1.807) is 18.2 Å². The molecule has 6 nitrogen and oxygen atoms in total. The Bertz CT molecular complexity index is 1310. The van der Waals surface area contributed by atoms with Crippen molar-refractivity contribution in [2.24, 2.45) is 0 Å². The number of aromatic nitrogens is 1. The fourth-order valence-electron chi connectivity index (χ4n) is 3.87. The van der Waals surface area contributed by atoms with Crippen LogP contribution < -0.4 is 10.3 Å². The molecule has 36 heavy (non-hydrogen) atoms. The maximum atomic E-state index is 12.9. The molecule has 0 saturated heterocycles. The molecule has 8 heteroatoms. The van der Waals surface area contributed by atoms with Crippen molar-refractivity contribution in [3.05, 3.63) is 86.8 Å². The second-order valence-corrected chi connectivity index (χ2v) is 10.1. The fourth-order valence-corrected chi connectivity index (χ4v) is 4.41. The van der Waals surface area contributed by atoms with E-state index in [1.165, 1.54) is 36.4 Å². The van der Waals surface area contributed by atoms with Crippen LogP contribution in [0.3, 0.4) is 0 Å². The van der Waals surface area contributed by atoms with Crippen LogP contribution in [0.1, 0.15) is 48.7 Å². The van der Waals surface area contributed by atoms with Gasteiger partial charge in [0, 0.05) is 27.5 Å². The number of carbonyl (C=O) groups excluding carboxylic acids is 2. The van der Waals surface area contributed by atoms with Gasteiger partial charge >= 0.3 is 5.97 Å². The van der Waals surface area contributed by atoms with Gasteiger partial charge in [0.05, 0.1) is 13.3 Å². The first-order valence-electron chi connectivity index (χ1n) is 11.5. The number of nitrogens with zero attached hydrogens (tertiary/aromatic N) is 1. The van der Waals surface area contributed by atoms with Crippen LogP contribution in [0.2, 0.25) is 5.02 Å². The number of rotatable bonds is 10. The van der Waals surface area contributed by atoms with Crippen molar-refractivity contribution in [2.45, 2.75) is 51.1 Å². The summed E-state index contributed by atoms with van der Waals surface area (Å²) in [6.07, 6.45) is 2.83. The van der Waals surface area contributed by atoms with Gasteiger partial charge in [-0.15, -0.1) is 0 Å². The van der Waals surface area contributed by atoms with Gasteiger partial charge in [0.15, 0.2) is 5.78 Å². The van der Waals surface area contributed by atoms with Crippen molar-refractivity contribution in [2.75, 3.05) is 7.11 Å². The van der Waals surface area contributed by atoms with Gasteiger partial charge in [-0.1, -0.05) is 51.8 Å². The molecule has 0 spiro atoms. The number of alkyl halides is 1. The van der Waals surface area contributed by atoms with Crippen molar-refractivity contribution in [1.29, 1.82) is 0 Å². The molecule has 0 atom stereocenters. The number of hydrogen-bond acceptors (Lipinski definition) is 5. The third kappa shape index (κ3) is 7.08. The van der Waals surface area contributed by atoms with Crippen molar-refractivity contribution in [3.63, 3.8) is 0 Å². The predicted octanol–water partition coefficient (Wildman–Crippen LogP) is 6.23. The Kier molecular flexibility index (Phi) is 9.14. The monoisotopic (exact) mass is 573 g/mol. The summed E-state index contributed by atoms with van der Waals surface area (Å²) in [6, 6.07) is 14.4. The number of Topliss-reactive ketones (excluding diaryl/α,β-unsaturated/α-hetero) is 1. The lowest BCUT2D eigenvalue weighted by Crippen LogP contribution is -2.32. The zero-order valence-electron chi connectivity index (χ0n) is 20.8. The summed E-state index contributed by atoms with van der Waals surface area (Å²) in [6.45, 7) is 4.88. The second-order valence-electron chi connectivity index (χ2n) is 9.15. The molecule has 0 fully saturated rings. The van der Waals surface area contributed by atoms with E-state index < -0.39 is 17.1 Å². The molecule has 0 radical (unpaired) electrons. The second kappa shape index (κ2) is 11.9. The molecule has 0 aliphatic rings. The van der Waals surface area contributed by atoms with Gasteiger partial charge in [0.25, 0.3) is 5.56 Å². The Hall–Kier alpha value is -2.90. The highest BCUT2D eigenvalue weighted by molar-refractivity contribution is 9.08. The molecule has 2 aromatic carbocycles. The van der Waals surface area contributed by atoms with E-state index in [-0.39, 0.29) is 12.3 Å². The third-order valence-electron chi connectivity index (χ3n) is 5.84. The van der Waals surface area contributed by atoms with E-state index in [4.69, 9.17) is 21.1 Å². The van der Waals surface area contributed by atoms with Crippen molar-refractivity contribution < 1.29 is 19.1 Å². The lowest BCUT2D eigenvalue weighted by atomic mass is 9.97. The van der Waals surface area contributed by atoms with Crippen LogP contribution in [0, 0.1) is 0 Å². The largest absolute Gasteiger partial charge is 0.495 e. The molecule has 0 saturated carbocycles. The number of pyridine rings is 1. The number of hydrogen-bond donors (Lipinski definition) is 0. The Morgan fingerprint density at radius 1 is 1.03 bits per heavy atom. The van der Waals surface area contributed by atoms with Crippen LogP contribution in [0.25, 0.3) is 11.1 Å². The van der Waals surface area contributed by atoms with E-state index in [9.17, 15) is 14.4 Å². The summed E-state index contributed by atoms with van der Waals surface area (Å²) in [5.41, 5.74) is 2.54. The highest BCUT2D eigenvalue weighted by Crippen LogP contribution is 2.33. The summed E-state index contributed by atoms with van der Waals surface area (Å²) in [7, 11) is 1.46. The van der Waals surface area contributed by atoms with E-state index in [0.29, 0.717) is 33.9 Å². The smallest absolute Gasteiger partial charge is 0.326 e. The van der Waals surface area contributed by atoms with Crippen LogP contribution >= 0.6 is 27.5 Å². The summed E-state index contributed by atoms with van der Waals surface area (Å²) in [5.74, 6) is -0.366. The topological polar surface area (TPSA) is 74.6 Å². The predicted molar refractivity (Wildman–Crippen MR) is 145 cm³/mol. The molecule has 1 heterocycles. The molecule has 0 amide bonds. The zero-order valence-corrected chi connectivity index (χ0v) is 23.1. The van der Waals surface area contributed by atoms with E-state index in [1.807, 2.05) is 13.8 Å². The normalized spacial score (nSPS) is 11.3. The van der Waals surface area contributed by atoms with Crippen molar-refractivity contribution in [1.82, 2.24) is 4.57 Å². The Balaban J connectivity index is 1.76. The molecular weight excluding hydrogens is 546 g/mol. The first-order valence-corrected chi connectivity index (χ1v) is 13.0. The molecule has 0 unspecified atom stereocenters. The number of benzene rings is 2. The molecule has 1 aromatic heterocycles. The van der Waals surface area contributed by atoms with Crippen LogP contribution in [-0.2, 0) is 27.8 Å². The van der Waals surface area contributed by atoms with Gasteiger partial charge in [-0.05, 0) is 68.5 Å². The van der Waals surface area contributed by atoms with Gasteiger partial charge in [-0.2, -0.15) is 0 Å². The van der Waals surface area contributed by atoms with E-state index >= 15 is 0 Å². The average molecular weight is 575 g/mol. The summed E-state index contributed by atoms with van der Waals surface area (Å²) >= 11 is 9.59. The van der Waals surface area contributed by atoms with Crippen LogP contribution in [0.4, 0.5) is 0 Å². The lowest BCUT2D eigenvalue weighted by Gasteiger charge is -2.25. The molecule has 0 aliphatic heterocycles. The first kappa shape index (κ1) is 27.7. The lowest BCUT2D eigenvalue weighted by molar-refractivity contribution is -0.157. The molecule has 190 valence electrons. The Morgan fingerprint density at radius 3 is 2.31 bits per heavy atom. The van der Waals surface area contributed by atoms with E-state index in [2.05, 4.69) is 40.2 Å². The van der Waals surface area contributed by atoms with E-state index in [0.717, 1.165) is 17.3 Å². The summed E-state index contributed by atoms with van der Waals surface area (Å²) in [4.78, 5) is 37.7. The molecule has 0 aliphatic carbocycles. The third-order valence-corrected chi connectivity index (χ3v) is 6.73. The summed E-state index contributed by atoms with van der Waals surface area (Å²) < 4.78 is 12.4. The van der Waals surface area contributed by atoms with Gasteiger partial charge in [-0.3, -0.25) is 14.4 Å². The SMILES string of the molecule is COc1cn(CC(=O)OC(C)(C)CCc2ccc(CBr)cc2)c(=O)cc1-c1cc(Cl)ccc1C(C)=O. The summed E-state index contributed by atoms with van der Waals surface area (Å²) in [5, 5.41) is 1.23. The Labute approximate surface area is 224 Å².